The lowest BCUT2D eigenvalue weighted by Crippen LogP contribution is -2.59. The monoisotopic (exact) mass is 1320 g/mol. The first-order valence-corrected chi connectivity index (χ1v) is 28.1. The predicted octanol–water partition coefficient (Wildman–Crippen LogP) is -3.32. The van der Waals surface area contributed by atoms with Gasteiger partial charge >= 0.3 is 53.7 Å². The first kappa shape index (κ1) is 83.6. The maximum atomic E-state index is 13.7. The van der Waals surface area contributed by atoms with E-state index in [-0.39, 0.29) is 65.9 Å². The van der Waals surface area contributed by atoms with Crippen LogP contribution in [0.3, 0.4) is 0 Å². The molecule has 4 amide bonds. The van der Waals surface area contributed by atoms with Crippen LogP contribution in [0.2, 0.25) is 0 Å². The number of aliphatic carboxylic acids is 9. The number of ether oxygens (including phenoxy) is 12. The summed E-state index contributed by atoms with van der Waals surface area (Å²) in [6, 6.07) is 0. The summed E-state index contributed by atoms with van der Waals surface area (Å²) in [5, 5.41) is 92.8. The molecule has 38 nitrogen and oxygen atoms in total. The average molecular weight is 1320 g/mol. The zero-order chi connectivity index (χ0) is 68.4. The number of carboxylic acid groups (broad SMARTS) is 9. The molecule has 0 heterocycles. The molecule has 0 saturated heterocycles. The van der Waals surface area contributed by atoms with Gasteiger partial charge < -0.3 is 124 Å². The van der Waals surface area contributed by atoms with Crippen LogP contribution in [0.4, 0.5) is 0 Å². The Morgan fingerprint density at radius 1 is 0.231 bits per heavy atom. The number of carbonyl (C=O) groups excluding carboxylic acids is 4. The molecule has 0 fully saturated rings. The highest BCUT2D eigenvalue weighted by Gasteiger charge is 2.38. The van der Waals surface area contributed by atoms with Gasteiger partial charge in [0, 0.05) is 19.3 Å². The lowest BCUT2D eigenvalue weighted by Gasteiger charge is -2.35. The second kappa shape index (κ2) is 49.3. The number of hydrogen-bond acceptors (Lipinski definition) is 25. The van der Waals surface area contributed by atoms with E-state index in [1.165, 1.54) is 0 Å². The second-order valence-electron chi connectivity index (χ2n) is 20.2. The Labute approximate surface area is 521 Å². The molecule has 0 aromatic rings. The van der Waals surface area contributed by atoms with E-state index >= 15 is 0 Å². The minimum absolute atomic E-state index is 0.219. The fourth-order valence-electron chi connectivity index (χ4n) is 7.29. The number of rotatable bonds is 65. The minimum Gasteiger partial charge on any atom is -0.481 e. The summed E-state index contributed by atoms with van der Waals surface area (Å²) in [5.41, 5.74) is -6.76. The Morgan fingerprint density at radius 2 is 0.363 bits per heavy atom. The number of amides is 4. The molecule has 0 saturated carbocycles. The standard InChI is InChI=1S/C53H86N4O34/c58-37-54-50(25-80-13-1-38(59)55-51(28-83-16-4-41(62)63,29-84-17-5-42(64)65)30-85-18-6-43(66)67,26-81-14-2-39(60)56-52(31-86-19-7-44(68)69,32-87-20-8-45(70)71)33-88-21-9-46(72)73)27-82-15-3-40(61)57-53(34-89-22-10-47(74)75,35-90-23-11-48(76)77)36-91-24-12-49(78)79/h37H,1-36H2,(H,54,58)(H,55,59)(H,56,60)(H,57,61)(H,62,63)(H,64,65)(H,66,67)(H,68,69)(H,70,71)(H,72,73)(H,74,75)(H,76,77)(H,78,79). The summed E-state index contributed by atoms with van der Waals surface area (Å²) in [6.45, 7) is -10.7. The van der Waals surface area contributed by atoms with Crippen LogP contribution in [0.15, 0.2) is 0 Å². The summed E-state index contributed by atoms with van der Waals surface area (Å²) in [4.78, 5) is 154. The van der Waals surface area contributed by atoms with E-state index in [1.807, 2.05) is 0 Å². The van der Waals surface area contributed by atoms with E-state index in [1.54, 1.807) is 0 Å². The minimum atomic E-state index is -1.75. The molecule has 0 aromatic heterocycles. The van der Waals surface area contributed by atoms with Gasteiger partial charge in [-0.2, -0.15) is 0 Å². The molecule has 0 aromatic carbocycles. The van der Waals surface area contributed by atoms with Gasteiger partial charge in [0.1, 0.15) is 22.2 Å². The average Bonchev–Trinajstić information content (AvgIpc) is 2.30. The summed E-state index contributed by atoms with van der Waals surface area (Å²) in [5.74, 6) is -13.4. The van der Waals surface area contributed by atoms with Crippen LogP contribution in [0.25, 0.3) is 0 Å². The van der Waals surface area contributed by atoms with Crippen molar-refractivity contribution in [2.24, 2.45) is 0 Å². The zero-order valence-corrected chi connectivity index (χ0v) is 50.3. The fourth-order valence-corrected chi connectivity index (χ4v) is 7.29. The lowest BCUT2D eigenvalue weighted by molar-refractivity contribution is -0.142. The molecule has 0 radical (unpaired) electrons. The first-order chi connectivity index (χ1) is 43.1. The van der Waals surface area contributed by atoms with Gasteiger partial charge in [0.25, 0.3) is 0 Å². The van der Waals surface area contributed by atoms with Crippen LogP contribution in [-0.4, -0.2) is 305 Å². The third-order valence-electron chi connectivity index (χ3n) is 11.7. The van der Waals surface area contributed by atoms with Crippen LogP contribution >= 0.6 is 0 Å². The van der Waals surface area contributed by atoms with Gasteiger partial charge in [0.05, 0.1) is 216 Å². The van der Waals surface area contributed by atoms with Crippen molar-refractivity contribution in [3.05, 3.63) is 0 Å². The van der Waals surface area contributed by atoms with Crippen molar-refractivity contribution >= 4 is 77.9 Å². The molecule has 0 aliphatic rings. The summed E-state index contributed by atoms with van der Waals surface area (Å²) >= 11 is 0. The summed E-state index contributed by atoms with van der Waals surface area (Å²) in [7, 11) is 0. The second-order valence-corrected chi connectivity index (χ2v) is 20.2. The van der Waals surface area contributed by atoms with E-state index in [9.17, 15) is 62.3 Å². The Hall–Kier alpha value is -7.37. The lowest BCUT2D eigenvalue weighted by atomic mass is 10.0. The molecule has 0 spiro atoms. The van der Waals surface area contributed by atoms with Gasteiger partial charge in [-0.15, -0.1) is 0 Å². The quantitative estimate of drug-likeness (QED) is 0.0209. The molecule has 0 rings (SSSR count). The van der Waals surface area contributed by atoms with Crippen LogP contribution in [-0.2, 0) is 119 Å². The molecule has 0 aliphatic heterocycles. The van der Waals surface area contributed by atoms with Crippen LogP contribution in [0.1, 0.15) is 77.0 Å². The van der Waals surface area contributed by atoms with Crippen molar-refractivity contribution in [3.8, 4) is 0 Å². The van der Waals surface area contributed by atoms with Crippen LogP contribution in [0, 0.1) is 0 Å². The molecular formula is C53H86N4O34. The van der Waals surface area contributed by atoms with Gasteiger partial charge in [-0.1, -0.05) is 0 Å². The van der Waals surface area contributed by atoms with Crippen molar-refractivity contribution in [3.63, 3.8) is 0 Å². The highest BCUT2D eigenvalue weighted by molar-refractivity contribution is 5.78. The largest absolute Gasteiger partial charge is 0.481 e. The van der Waals surface area contributed by atoms with Crippen molar-refractivity contribution in [2.75, 3.05) is 159 Å². The maximum Gasteiger partial charge on any atom is 0.305 e. The third kappa shape index (κ3) is 46.4. The van der Waals surface area contributed by atoms with Crippen molar-refractivity contribution in [1.82, 2.24) is 21.3 Å². The fraction of sp³-hybridized carbons (Fsp3) is 0.755. The summed E-state index contributed by atoms with van der Waals surface area (Å²) in [6.07, 6.45) is -5.49. The van der Waals surface area contributed by atoms with Crippen molar-refractivity contribution < 1.29 is 165 Å². The number of carboxylic acids is 9. The molecule has 13 N–H and O–H groups in total. The summed E-state index contributed by atoms with van der Waals surface area (Å²) < 4.78 is 67.3. The number of carbonyl (C=O) groups is 13. The first-order valence-electron chi connectivity index (χ1n) is 28.1. The molecule has 0 bridgehead atoms. The molecule has 0 atom stereocenters. The predicted molar refractivity (Wildman–Crippen MR) is 299 cm³/mol. The van der Waals surface area contributed by atoms with Crippen LogP contribution in [0.5, 0.6) is 0 Å². The number of hydrogen-bond donors (Lipinski definition) is 13. The molecular weight excluding hydrogens is 1240 g/mol. The van der Waals surface area contributed by atoms with Gasteiger partial charge in [-0.05, 0) is 0 Å². The van der Waals surface area contributed by atoms with E-state index in [0.29, 0.717) is 0 Å². The Morgan fingerprint density at radius 3 is 0.495 bits per heavy atom. The highest BCUT2D eigenvalue weighted by atomic mass is 16.5. The molecule has 0 unspecified atom stereocenters. The SMILES string of the molecule is O=CNC(COCCC(=O)NC(COCCC(=O)O)(COCCC(=O)O)COCCC(=O)O)(COCCC(=O)NC(COCCC(=O)O)(COCCC(=O)O)COCCC(=O)O)COCCC(=O)NC(COCCC(=O)O)(COCCC(=O)O)COCCC(=O)O. The molecule has 0 aliphatic carbocycles. The van der Waals surface area contributed by atoms with Crippen molar-refractivity contribution in [2.45, 2.75) is 99.2 Å². The van der Waals surface area contributed by atoms with E-state index in [2.05, 4.69) is 21.3 Å². The normalized spacial score (nSPS) is 11.7. The van der Waals surface area contributed by atoms with Crippen LogP contribution < -0.4 is 21.3 Å². The third-order valence-corrected chi connectivity index (χ3v) is 11.7. The highest BCUT2D eigenvalue weighted by Crippen LogP contribution is 2.16. The van der Waals surface area contributed by atoms with Gasteiger partial charge in [0.2, 0.25) is 24.1 Å². The van der Waals surface area contributed by atoms with E-state index < -0.39 is 270 Å². The molecule has 91 heavy (non-hydrogen) atoms. The van der Waals surface area contributed by atoms with E-state index in [4.69, 9.17) is 103 Å². The topological polar surface area (TPSA) is 563 Å². The molecule has 522 valence electrons. The number of nitrogens with one attached hydrogen (secondary N) is 4. The van der Waals surface area contributed by atoms with E-state index in [0.717, 1.165) is 0 Å². The Bertz CT molecular complexity index is 1840. The van der Waals surface area contributed by atoms with Gasteiger partial charge in [-0.3, -0.25) is 62.3 Å². The van der Waals surface area contributed by atoms with Gasteiger partial charge in [-0.25, -0.2) is 0 Å². The van der Waals surface area contributed by atoms with Crippen molar-refractivity contribution in [1.29, 1.82) is 0 Å². The Kier molecular flexibility index (Phi) is 45.4. The Balaban J connectivity index is 6.97. The van der Waals surface area contributed by atoms with Gasteiger partial charge in [0.15, 0.2) is 0 Å². The zero-order valence-electron chi connectivity index (χ0n) is 50.3. The smallest absolute Gasteiger partial charge is 0.305 e. The maximum absolute atomic E-state index is 13.7. The molecule has 38 heteroatoms.